The average Bonchev–Trinajstić information content (AvgIpc) is 2.73. The summed E-state index contributed by atoms with van der Waals surface area (Å²) in [5.41, 5.74) is 1.94. The van der Waals surface area contributed by atoms with Crippen LogP contribution in [0.2, 0.25) is 0 Å². The van der Waals surface area contributed by atoms with Gasteiger partial charge in [-0.25, -0.2) is 8.42 Å². The van der Waals surface area contributed by atoms with Crippen molar-refractivity contribution in [2.45, 2.75) is 11.8 Å². The number of piperazine rings is 1. The summed E-state index contributed by atoms with van der Waals surface area (Å²) < 4.78 is 43.5. The van der Waals surface area contributed by atoms with E-state index < -0.39 is 10.0 Å². The maximum Gasteiger partial charge on any atom is 0.243 e. The molecule has 1 saturated heterocycles. The third-order valence-corrected chi connectivity index (χ3v) is 6.82. The number of sulfonamides is 1. The summed E-state index contributed by atoms with van der Waals surface area (Å²) in [5.74, 6) is 1.69. The van der Waals surface area contributed by atoms with Crippen LogP contribution in [0.3, 0.4) is 0 Å². The maximum absolute atomic E-state index is 12.9. The second-order valence-electron chi connectivity index (χ2n) is 6.59. The van der Waals surface area contributed by atoms with Gasteiger partial charge in [0.2, 0.25) is 15.8 Å². The van der Waals surface area contributed by atoms with E-state index in [2.05, 4.69) is 4.90 Å². The van der Waals surface area contributed by atoms with Crippen LogP contribution in [0, 0.1) is 6.92 Å². The van der Waals surface area contributed by atoms with Gasteiger partial charge in [0.1, 0.15) is 0 Å². The van der Waals surface area contributed by atoms with Crippen molar-refractivity contribution in [3.8, 4) is 17.2 Å². The Morgan fingerprint density at radius 1 is 0.821 bits per heavy atom. The Balaban J connectivity index is 1.77. The molecule has 1 fully saturated rings. The van der Waals surface area contributed by atoms with Crippen molar-refractivity contribution in [1.82, 2.24) is 4.31 Å². The lowest BCUT2D eigenvalue weighted by molar-refractivity contribution is 0.324. The molecule has 3 rings (SSSR count). The third-order valence-electron chi connectivity index (χ3n) is 4.91. The summed E-state index contributed by atoms with van der Waals surface area (Å²) >= 11 is 0. The van der Waals surface area contributed by atoms with Crippen molar-refractivity contribution >= 4 is 15.7 Å². The number of rotatable bonds is 6. The summed E-state index contributed by atoms with van der Waals surface area (Å²) in [6.45, 7) is 3.90. The fourth-order valence-electron chi connectivity index (χ4n) is 3.30. The molecular weight excluding hydrogens is 380 g/mol. The molecule has 0 bridgehead atoms. The zero-order chi connectivity index (χ0) is 20.3. The molecule has 2 aromatic carbocycles. The Morgan fingerprint density at radius 2 is 1.36 bits per heavy atom. The molecular formula is C20H26N2O5S. The molecule has 152 valence electrons. The Kier molecular flexibility index (Phi) is 6.00. The van der Waals surface area contributed by atoms with Crippen LogP contribution in [-0.2, 0) is 10.0 Å². The summed E-state index contributed by atoms with van der Waals surface area (Å²) in [5, 5.41) is 0. The standard InChI is InChI=1S/C20H26N2O5S/c1-15-5-7-17(8-6-15)28(23,24)22-11-9-21(10-12-22)16-13-18(25-2)20(27-4)19(14-16)26-3/h5-8,13-14H,9-12H2,1-4H3. The van der Waals surface area contributed by atoms with Gasteiger partial charge in [-0.15, -0.1) is 0 Å². The van der Waals surface area contributed by atoms with E-state index in [4.69, 9.17) is 14.2 Å². The number of benzene rings is 2. The minimum absolute atomic E-state index is 0.333. The Labute approximate surface area is 166 Å². The maximum atomic E-state index is 12.9. The van der Waals surface area contributed by atoms with Gasteiger partial charge in [0, 0.05) is 44.0 Å². The molecule has 0 spiro atoms. The Morgan fingerprint density at radius 3 is 1.82 bits per heavy atom. The van der Waals surface area contributed by atoms with Gasteiger partial charge in [0.15, 0.2) is 11.5 Å². The molecule has 2 aromatic rings. The van der Waals surface area contributed by atoms with Crippen molar-refractivity contribution in [1.29, 1.82) is 0 Å². The molecule has 7 nitrogen and oxygen atoms in total. The second kappa shape index (κ2) is 8.28. The van der Waals surface area contributed by atoms with Crippen molar-refractivity contribution < 1.29 is 22.6 Å². The highest BCUT2D eigenvalue weighted by atomic mass is 32.2. The van der Waals surface area contributed by atoms with Gasteiger partial charge in [-0.3, -0.25) is 0 Å². The van der Waals surface area contributed by atoms with Gasteiger partial charge in [-0.05, 0) is 19.1 Å². The van der Waals surface area contributed by atoms with E-state index in [1.165, 1.54) is 4.31 Å². The molecule has 0 aromatic heterocycles. The van der Waals surface area contributed by atoms with Crippen molar-refractivity contribution in [3.05, 3.63) is 42.0 Å². The van der Waals surface area contributed by atoms with Crippen molar-refractivity contribution in [2.75, 3.05) is 52.4 Å². The molecule has 0 radical (unpaired) electrons. The first kappa shape index (κ1) is 20.3. The second-order valence-corrected chi connectivity index (χ2v) is 8.53. The molecule has 0 N–H and O–H groups in total. The molecule has 1 aliphatic rings. The van der Waals surface area contributed by atoms with Crippen molar-refractivity contribution in [3.63, 3.8) is 0 Å². The Bertz CT molecular complexity index is 895. The number of methoxy groups -OCH3 is 3. The SMILES string of the molecule is COc1cc(N2CCN(S(=O)(=O)c3ccc(C)cc3)CC2)cc(OC)c1OC. The summed E-state index contributed by atoms with van der Waals surface area (Å²) in [6.07, 6.45) is 0. The first-order chi connectivity index (χ1) is 13.4. The summed E-state index contributed by atoms with van der Waals surface area (Å²) in [7, 11) is 1.23. The smallest absolute Gasteiger partial charge is 0.243 e. The predicted molar refractivity (Wildman–Crippen MR) is 108 cm³/mol. The van der Waals surface area contributed by atoms with Crippen LogP contribution in [0.4, 0.5) is 5.69 Å². The Hall–Kier alpha value is -2.45. The van der Waals surface area contributed by atoms with E-state index in [0.717, 1.165) is 11.3 Å². The average molecular weight is 407 g/mol. The number of hydrogen-bond donors (Lipinski definition) is 0. The number of aryl methyl sites for hydroxylation is 1. The van der Waals surface area contributed by atoms with E-state index >= 15 is 0 Å². The first-order valence-corrected chi connectivity index (χ1v) is 10.5. The molecule has 0 saturated carbocycles. The highest BCUT2D eigenvalue weighted by molar-refractivity contribution is 7.89. The van der Waals surface area contributed by atoms with Crippen LogP contribution in [0.5, 0.6) is 17.2 Å². The molecule has 0 atom stereocenters. The number of nitrogens with zero attached hydrogens (tertiary/aromatic N) is 2. The lowest BCUT2D eigenvalue weighted by Crippen LogP contribution is -2.48. The fraction of sp³-hybridized carbons (Fsp3) is 0.400. The van der Waals surface area contributed by atoms with E-state index in [1.807, 2.05) is 31.2 Å². The van der Waals surface area contributed by atoms with E-state index in [0.29, 0.717) is 48.3 Å². The number of anilines is 1. The summed E-state index contributed by atoms with van der Waals surface area (Å²) in [4.78, 5) is 2.45. The van der Waals surface area contributed by atoms with E-state index in [9.17, 15) is 8.42 Å². The lowest BCUT2D eigenvalue weighted by Gasteiger charge is -2.35. The molecule has 0 amide bonds. The van der Waals surface area contributed by atoms with Crippen LogP contribution < -0.4 is 19.1 Å². The van der Waals surface area contributed by atoms with E-state index in [1.54, 1.807) is 33.5 Å². The quantitative estimate of drug-likeness (QED) is 0.734. The van der Waals surface area contributed by atoms with Crippen molar-refractivity contribution in [2.24, 2.45) is 0 Å². The van der Waals surface area contributed by atoms with Gasteiger partial charge in [0.25, 0.3) is 0 Å². The van der Waals surface area contributed by atoms with Crippen LogP contribution in [0.1, 0.15) is 5.56 Å². The first-order valence-electron chi connectivity index (χ1n) is 9.02. The minimum atomic E-state index is -3.48. The van der Waals surface area contributed by atoms with Gasteiger partial charge in [-0.2, -0.15) is 4.31 Å². The minimum Gasteiger partial charge on any atom is -0.493 e. The van der Waals surface area contributed by atoms with Gasteiger partial charge >= 0.3 is 0 Å². The fourth-order valence-corrected chi connectivity index (χ4v) is 4.72. The van der Waals surface area contributed by atoms with E-state index in [-0.39, 0.29) is 0 Å². The van der Waals surface area contributed by atoms with Gasteiger partial charge < -0.3 is 19.1 Å². The number of hydrogen-bond acceptors (Lipinski definition) is 6. The molecule has 1 heterocycles. The van der Waals surface area contributed by atoms with Gasteiger partial charge in [-0.1, -0.05) is 17.7 Å². The highest BCUT2D eigenvalue weighted by Gasteiger charge is 2.29. The molecule has 28 heavy (non-hydrogen) atoms. The van der Waals surface area contributed by atoms with Crippen LogP contribution >= 0.6 is 0 Å². The molecule has 0 aliphatic carbocycles. The predicted octanol–water partition coefficient (Wildman–Crippen LogP) is 2.53. The summed E-state index contributed by atoms with van der Waals surface area (Å²) in [6, 6.07) is 10.7. The lowest BCUT2D eigenvalue weighted by atomic mass is 10.2. The monoisotopic (exact) mass is 406 g/mol. The molecule has 1 aliphatic heterocycles. The molecule has 8 heteroatoms. The normalized spacial score (nSPS) is 15.4. The zero-order valence-electron chi connectivity index (χ0n) is 16.6. The van der Waals surface area contributed by atoms with Crippen LogP contribution in [0.25, 0.3) is 0 Å². The zero-order valence-corrected chi connectivity index (χ0v) is 17.5. The topological polar surface area (TPSA) is 68.3 Å². The van der Waals surface area contributed by atoms with Crippen LogP contribution in [-0.4, -0.2) is 60.2 Å². The number of ether oxygens (including phenoxy) is 3. The highest BCUT2D eigenvalue weighted by Crippen LogP contribution is 2.41. The molecule has 0 unspecified atom stereocenters. The largest absolute Gasteiger partial charge is 0.493 e. The van der Waals surface area contributed by atoms with Gasteiger partial charge in [0.05, 0.1) is 26.2 Å². The van der Waals surface area contributed by atoms with Crippen LogP contribution in [0.15, 0.2) is 41.3 Å². The third kappa shape index (κ3) is 3.88.